The van der Waals surface area contributed by atoms with Gasteiger partial charge < -0.3 is 5.73 Å². The van der Waals surface area contributed by atoms with E-state index in [-0.39, 0.29) is 0 Å². The van der Waals surface area contributed by atoms with Gasteiger partial charge in [-0.25, -0.2) is 13.1 Å². The second-order valence-corrected chi connectivity index (χ2v) is 8.70. The zero-order valence-electron chi connectivity index (χ0n) is 12.0. The summed E-state index contributed by atoms with van der Waals surface area (Å²) in [6.07, 6.45) is 7.36. The third-order valence-electron chi connectivity index (χ3n) is 4.02. The number of nitrogens with two attached hydrogens (primary N) is 1. The Morgan fingerprint density at radius 3 is 2.65 bits per heavy atom. The Morgan fingerprint density at radius 2 is 2.05 bits per heavy atom. The van der Waals surface area contributed by atoms with E-state index in [2.05, 4.69) is 4.72 Å². The van der Waals surface area contributed by atoms with Crippen molar-refractivity contribution in [2.75, 3.05) is 6.54 Å². The van der Waals surface area contributed by atoms with Gasteiger partial charge in [-0.3, -0.25) is 0 Å². The van der Waals surface area contributed by atoms with E-state index in [0.717, 1.165) is 16.9 Å². The molecule has 1 aliphatic carbocycles. The van der Waals surface area contributed by atoms with Gasteiger partial charge in [-0.2, -0.15) is 0 Å². The van der Waals surface area contributed by atoms with Gasteiger partial charge in [0, 0.05) is 18.0 Å². The van der Waals surface area contributed by atoms with E-state index in [4.69, 9.17) is 5.73 Å². The van der Waals surface area contributed by atoms with Crippen LogP contribution in [0.1, 0.15) is 49.0 Å². The van der Waals surface area contributed by atoms with Crippen molar-refractivity contribution in [3.05, 3.63) is 16.5 Å². The molecule has 3 N–H and O–H groups in total. The predicted octanol–water partition coefficient (Wildman–Crippen LogP) is 2.76. The summed E-state index contributed by atoms with van der Waals surface area (Å²) in [5.41, 5.74) is 6.56. The molecule has 0 radical (unpaired) electrons. The Morgan fingerprint density at radius 1 is 1.35 bits per heavy atom. The molecule has 1 fully saturated rings. The van der Waals surface area contributed by atoms with Crippen LogP contribution in [-0.2, 0) is 16.6 Å². The van der Waals surface area contributed by atoms with Gasteiger partial charge in [0.05, 0.1) is 0 Å². The normalized spacial score (nSPS) is 17.5. The number of thiophene rings is 1. The first-order chi connectivity index (χ1) is 9.53. The summed E-state index contributed by atoms with van der Waals surface area (Å²) < 4.78 is 27.5. The van der Waals surface area contributed by atoms with Crippen molar-refractivity contribution in [3.8, 4) is 0 Å². The molecule has 1 saturated carbocycles. The summed E-state index contributed by atoms with van der Waals surface area (Å²) in [4.78, 5) is 0.942. The molecule has 0 bridgehead atoms. The molecule has 20 heavy (non-hydrogen) atoms. The van der Waals surface area contributed by atoms with Gasteiger partial charge in [-0.05, 0) is 30.9 Å². The molecule has 6 heteroatoms. The maximum atomic E-state index is 12.2. The van der Waals surface area contributed by atoms with Crippen molar-refractivity contribution in [2.24, 2.45) is 11.7 Å². The maximum absolute atomic E-state index is 12.2. The molecule has 0 spiro atoms. The Labute approximate surface area is 125 Å². The molecule has 2 rings (SSSR count). The Kier molecular flexibility index (Phi) is 5.60. The molecule has 1 aromatic rings. The van der Waals surface area contributed by atoms with Gasteiger partial charge >= 0.3 is 0 Å². The van der Waals surface area contributed by atoms with Crippen LogP contribution in [0.25, 0.3) is 0 Å². The van der Waals surface area contributed by atoms with E-state index in [9.17, 15) is 8.42 Å². The van der Waals surface area contributed by atoms with Crippen LogP contribution in [0.4, 0.5) is 0 Å². The van der Waals surface area contributed by atoms with Gasteiger partial charge in [0.15, 0.2) is 0 Å². The third kappa shape index (κ3) is 4.04. The number of sulfonamides is 1. The average molecular weight is 316 g/mol. The van der Waals surface area contributed by atoms with Crippen molar-refractivity contribution < 1.29 is 8.42 Å². The van der Waals surface area contributed by atoms with Crippen LogP contribution in [-0.4, -0.2) is 15.0 Å². The number of aryl methyl sites for hydroxylation is 1. The highest BCUT2D eigenvalue weighted by atomic mass is 32.2. The zero-order valence-corrected chi connectivity index (χ0v) is 13.7. The monoisotopic (exact) mass is 316 g/mol. The Balaban J connectivity index is 1.89. The molecule has 0 unspecified atom stereocenters. The first kappa shape index (κ1) is 15.9. The minimum atomic E-state index is -3.36. The van der Waals surface area contributed by atoms with Crippen LogP contribution >= 0.6 is 11.3 Å². The molecule has 114 valence electrons. The summed E-state index contributed by atoms with van der Waals surface area (Å²) in [5.74, 6) is 0.691. The lowest BCUT2D eigenvalue weighted by Gasteiger charge is -2.21. The molecular weight excluding hydrogens is 292 g/mol. The molecule has 0 amide bonds. The molecule has 1 aliphatic rings. The minimum absolute atomic E-state index is 0.388. The molecule has 0 atom stereocenters. The SMILES string of the molecule is Cc1cc(S(=O)(=O)NCCC2CCCCC2)sc1CN. The third-order valence-corrected chi connectivity index (χ3v) is 7.21. The lowest BCUT2D eigenvalue weighted by Crippen LogP contribution is -2.26. The van der Waals surface area contributed by atoms with Crippen LogP contribution in [0.2, 0.25) is 0 Å². The number of nitrogens with one attached hydrogen (secondary N) is 1. The highest BCUT2D eigenvalue weighted by molar-refractivity contribution is 7.91. The molecule has 4 nitrogen and oxygen atoms in total. The quantitative estimate of drug-likeness (QED) is 0.847. The topological polar surface area (TPSA) is 72.2 Å². The van der Waals surface area contributed by atoms with E-state index in [1.165, 1.54) is 43.4 Å². The number of hydrogen-bond acceptors (Lipinski definition) is 4. The minimum Gasteiger partial charge on any atom is -0.326 e. The second-order valence-electron chi connectivity index (χ2n) is 5.57. The number of rotatable bonds is 6. The van der Waals surface area contributed by atoms with E-state index < -0.39 is 10.0 Å². The smallest absolute Gasteiger partial charge is 0.250 e. The first-order valence-electron chi connectivity index (χ1n) is 7.32. The molecule has 0 aromatic carbocycles. The largest absolute Gasteiger partial charge is 0.326 e. The zero-order chi connectivity index (χ0) is 14.6. The molecule has 1 aromatic heterocycles. The second kappa shape index (κ2) is 7.02. The fourth-order valence-corrected chi connectivity index (χ4v) is 5.33. The van der Waals surface area contributed by atoms with Crippen LogP contribution < -0.4 is 10.5 Å². The van der Waals surface area contributed by atoms with Crippen molar-refractivity contribution in [3.63, 3.8) is 0 Å². The molecule has 0 saturated heterocycles. The lowest BCUT2D eigenvalue weighted by atomic mass is 9.87. The van der Waals surface area contributed by atoms with Crippen LogP contribution in [0, 0.1) is 12.8 Å². The van der Waals surface area contributed by atoms with Gasteiger partial charge in [0.1, 0.15) is 4.21 Å². The summed E-state index contributed by atoms with van der Waals surface area (Å²) in [6.45, 7) is 2.84. The summed E-state index contributed by atoms with van der Waals surface area (Å²) >= 11 is 1.28. The van der Waals surface area contributed by atoms with E-state index in [0.29, 0.717) is 23.2 Å². The van der Waals surface area contributed by atoms with E-state index >= 15 is 0 Å². The average Bonchev–Trinajstić information content (AvgIpc) is 2.82. The van der Waals surface area contributed by atoms with E-state index in [1.807, 2.05) is 6.92 Å². The molecule has 1 heterocycles. The Hall–Kier alpha value is -0.430. The summed E-state index contributed by atoms with van der Waals surface area (Å²) in [6, 6.07) is 1.72. The van der Waals surface area contributed by atoms with Gasteiger partial charge in [-0.15, -0.1) is 11.3 Å². The fourth-order valence-electron chi connectivity index (χ4n) is 2.77. The van der Waals surface area contributed by atoms with Crippen LogP contribution in [0.3, 0.4) is 0 Å². The summed E-state index contributed by atoms with van der Waals surface area (Å²) in [5, 5.41) is 0. The molecule has 0 aliphatic heterocycles. The number of hydrogen-bond donors (Lipinski definition) is 2. The Bertz CT molecular complexity index is 531. The van der Waals surface area contributed by atoms with Gasteiger partial charge in [0.25, 0.3) is 0 Å². The van der Waals surface area contributed by atoms with Crippen LogP contribution in [0.15, 0.2) is 10.3 Å². The highest BCUT2D eigenvalue weighted by Gasteiger charge is 2.19. The highest BCUT2D eigenvalue weighted by Crippen LogP contribution is 2.27. The fraction of sp³-hybridized carbons (Fsp3) is 0.714. The maximum Gasteiger partial charge on any atom is 0.250 e. The lowest BCUT2D eigenvalue weighted by molar-refractivity contribution is 0.340. The standard InChI is InChI=1S/C14H24N2O2S2/c1-11-9-14(19-13(11)10-15)20(17,18)16-8-7-12-5-3-2-4-6-12/h9,12,16H,2-8,10,15H2,1H3. The predicted molar refractivity (Wildman–Crippen MR) is 83.3 cm³/mol. The van der Waals surface area contributed by atoms with Gasteiger partial charge in [0.2, 0.25) is 10.0 Å². The first-order valence-corrected chi connectivity index (χ1v) is 9.62. The van der Waals surface area contributed by atoms with Crippen molar-refractivity contribution >= 4 is 21.4 Å². The molecular formula is C14H24N2O2S2. The van der Waals surface area contributed by atoms with Gasteiger partial charge in [-0.1, -0.05) is 32.1 Å². The van der Waals surface area contributed by atoms with Crippen molar-refractivity contribution in [1.82, 2.24) is 4.72 Å². The van der Waals surface area contributed by atoms with Crippen LogP contribution in [0.5, 0.6) is 0 Å². The summed E-state index contributed by atoms with van der Waals surface area (Å²) in [7, 11) is -3.36. The van der Waals surface area contributed by atoms with Crippen molar-refractivity contribution in [2.45, 2.75) is 56.2 Å². The van der Waals surface area contributed by atoms with E-state index in [1.54, 1.807) is 6.07 Å². The van der Waals surface area contributed by atoms with Crippen molar-refractivity contribution in [1.29, 1.82) is 0 Å².